The first-order chi connectivity index (χ1) is 18.3. The molecule has 1 aromatic carbocycles. The second-order valence-electron chi connectivity index (χ2n) is 10.3. The van der Waals surface area contributed by atoms with E-state index in [1.807, 2.05) is 18.7 Å². The van der Waals surface area contributed by atoms with Crippen molar-refractivity contribution in [2.75, 3.05) is 37.6 Å². The first kappa shape index (κ1) is 32.1. The largest absolute Gasteiger partial charge is 0.434 e. The predicted molar refractivity (Wildman–Crippen MR) is 125 cm³/mol. The minimum absolute atomic E-state index is 0.169. The Labute approximate surface area is 225 Å². The molecule has 0 saturated carbocycles. The van der Waals surface area contributed by atoms with Crippen molar-refractivity contribution in [1.82, 2.24) is 9.80 Å². The standard InChI is InChI=1S/C25H31F10N3O2/c1-3-38(15-16-4-5-17(23(27,28)29)14-19(16)36-10-6-18(26)7-11-36)22(2)8-12-37(13-9-22)21(39)40-20(24(30,31)32)25(33,34)35/h4-5,14,18,20H,3,6-13,15H2,1-2H3. The summed E-state index contributed by atoms with van der Waals surface area (Å²) in [5.74, 6) is 0. The molecule has 3 rings (SSSR count). The van der Waals surface area contributed by atoms with Gasteiger partial charge in [-0.1, -0.05) is 13.0 Å². The number of amides is 1. The summed E-state index contributed by atoms with van der Waals surface area (Å²) in [5.41, 5.74) is -0.625. The fourth-order valence-corrected chi connectivity index (χ4v) is 5.13. The molecular formula is C25H31F10N3O2. The zero-order chi connectivity index (χ0) is 30.1. The highest BCUT2D eigenvalue weighted by Gasteiger charge is 2.60. The summed E-state index contributed by atoms with van der Waals surface area (Å²) in [6, 6.07) is 3.38. The molecule has 5 nitrogen and oxygen atoms in total. The molecule has 2 saturated heterocycles. The molecule has 228 valence electrons. The molecule has 0 radical (unpaired) electrons. The zero-order valence-corrected chi connectivity index (χ0v) is 21.9. The van der Waals surface area contributed by atoms with Gasteiger partial charge in [-0.2, -0.15) is 39.5 Å². The van der Waals surface area contributed by atoms with Crippen LogP contribution in [0.5, 0.6) is 0 Å². The fraction of sp³-hybridized carbons (Fsp3) is 0.720. The van der Waals surface area contributed by atoms with Gasteiger partial charge in [-0.3, -0.25) is 4.90 Å². The number of rotatable bonds is 6. The van der Waals surface area contributed by atoms with Crippen LogP contribution in [0.25, 0.3) is 0 Å². The van der Waals surface area contributed by atoms with Crippen LogP contribution in [0.3, 0.4) is 0 Å². The van der Waals surface area contributed by atoms with E-state index in [-0.39, 0.29) is 58.4 Å². The predicted octanol–water partition coefficient (Wildman–Crippen LogP) is 6.95. The molecule has 1 amide bonds. The first-order valence-electron chi connectivity index (χ1n) is 12.8. The van der Waals surface area contributed by atoms with Gasteiger partial charge in [-0.25, -0.2) is 9.18 Å². The normalized spacial score (nSPS) is 19.4. The third-order valence-corrected chi connectivity index (χ3v) is 7.60. The van der Waals surface area contributed by atoms with E-state index in [4.69, 9.17) is 0 Å². The Kier molecular flexibility index (Phi) is 9.47. The van der Waals surface area contributed by atoms with E-state index in [1.165, 1.54) is 6.07 Å². The Morgan fingerprint density at radius 1 is 1.00 bits per heavy atom. The summed E-state index contributed by atoms with van der Waals surface area (Å²) < 4.78 is 135. The van der Waals surface area contributed by atoms with Gasteiger partial charge < -0.3 is 14.5 Å². The number of hydrogen-bond donors (Lipinski definition) is 0. The lowest BCUT2D eigenvalue weighted by Crippen LogP contribution is -2.55. The fourth-order valence-electron chi connectivity index (χ4n) is 5.13. The maximum Gasteiger partial charge on any atom is 0.434 e. The van der Waals surface area contributed by atoms with E-state index in [1.54, 1.807) is 4.90 Å². The smallest absolute Gasteiger partial charge is 0.426 e. The summed E-state index contributed by atoms with van der Waals surface area (Å²) >= 11 is 0. The number of ether oxygens (including phenoxy) is 1. The Bertz CT molecular complexity index is 998. The van der Waals surface area contributed by atoms with E-state index in [0.29, 0.717) is 17.8 Å². The number of anilines is 1. The summed E-state index contributed by atoms with van der Waals surface area (Å²) in [6.45, 7) is 4.34. The second kappa shape index (κ2) is 11.8. The van der Waals surface area contributed by atoms with Gasteiger partial charge in [0.25, 0.3) is 6.10 Å². The summed E-state index contributed by atoms with van der Waals surface area (Å²) in [4.78, 5) is 16.6. The number of halogens is 10. The number of carbonyl (C=O) groups excluding carboxylic acids is 1. The number of carbonyl (C=O) groups is 1. The van der Waals surface area contributed by atoms with Crippen molar-refractivity contribution in [1.29, 1.82) is 0 Å². The van der Waals surface area contributed by atoms with E-state index in [9.17, 15) is 48.7 Å². The number of alkyl halides is 10. The van der Waals surface area contributed by atoms with Crippen LogP contribution < -0.4 is 4.90 Å². The van der Waals surface area contributed by atoms with Gasteiger partial charge in [-0.15, -0.1) is 0 Å². The van der Waals surface area contributed by atoms with Crippen LogP contribution in [-0.2, 0) is 17.5 Å². The first-order valence-corrected chi connectivity index (χ1v) is 12.8. The van der Waals surface area contributed by atoms with Crippen LogP contribution >= 0.6 is 0 Å². The third kappa shape index (κ3) is 7.64. The van der Waals surface area contributed by atoms with Crippen molar-refractivity contribution >= 4 is 11.8 Å². The monoisotopic (exact) mass is 595 g/mol. The molecule has 2 aliphatic rings. The van der Waals surface area contributed by atoms with Gasteiger partial charge in [-0.05, 0) is 56.8 Å². The lowest BCUT2D eigenvalue weighted by atomic mass is 9.87. The van der Waals surface area contributed by atoms with Crippen LogP contribution in [0.2, 0.25) is 0 Å². The van der Waals surface area contributed by atoms with Gasteiger partial charge in [0.2, 0.25) is 0 Å². The van der Waals surface area contributed by atoms with Crippen LogP contribution in [0.1, 0.15) is 50.7 Å². The van der Waals surface area contributed by atoms with Crippen molar-refractivity contribution in [2.24, 2.45) is 0 Å². The van der Waals surface area contributed by atoms with E-state index in [0.717, 1.165) is 17.0 Å². The Balaban J connectivity index is 1.75. The summed E-state index contributed by atoms with van der Waals surface area (Å²) in [6.07, 6.45) is -22.5. The average Bonchev–Trinajstić information content (AvgIpc) is 2.84. The highest BCUT2D eigenvalue weighted by molar-refractivity contribution is 5.68. The van der Waals surface area contributed by atoms with Crippen LogP contribution in [0.15, 0.2) is 18.2 Å². The van der Waals surface area contributed by atoms with Gasteiger partial charge in [0.05, 0.1) is 5.56 Å². The molecule has 15 heteroatoms. The molecule has 1 aromatic rings. The lowest BCUT2D eigenvalue weighted by molar-refractivity contribution is -0.308. The maximum atomic E-state index is 13.7. The number of piperidine rings is 2. The number of benzene rings is 1. The summed E-state index contributed by atoms with van der Waals surface area (Å²) in [7, 11) is 0. The molecule has 0 aliphatic carbocycles. The molecule has 0 aromatic heterocycles. The topological polar surface area (TPSA) is 36.0 Å². The van der Waals surface area contributed by atoms with E-state index >= 15 is 0 Å². The molecule has 0 unspecified atom stereocenters. The zero-order valence-electron chi connectivity index (χ0n) is 21.9. The number of hydrogen-bond acceptors (Lipinski definition) is 4. The van der Waals surface area contributed by atoms with Crippen molar-refractivity contribution in [2.45, 2.75) is 82.4 Å². The highest BCUT2D eigenvalue weighted by atomic mass is 19.4. The molecule has 0 atom stereocenters. The molecule has 2 heterocycles. The molecule has 0 N–H and O–H groups in total. The van der Waals surface area contributed by atoms with Gasteiger partial charge in [0.1, 0.15) is 6.17 Å². The highest BCUT2D eigenvalue weighted by Crippen LogP contribution is 2.39. The quantitative estimate of drug-likeness (QED) is 0.334. The van der Waals surface area contributed by atoms with Crippen molar-refractivity contribution in [3.63, 3.8) is 0 Å². The maximum absolute atomic E-state index is 13.7. The minimum atomic E-state index is -5.82. The second-order valence-corrected chi connectivity index (χ2v) is 10.3. The van der Waals surface area contributed by atoms with E-state index < -0.39 is 48.0 Å². The number of likely N-dealkylation sites (tertiary alicyclic amines) is 1. The molecule has 2 fully saturated rings. The molecule has 2 aliphatic heterocycles. The lowest BCUT2D eigenvalue weighted by Gasteiger charge is -2.47. The Morgan fingerprint density at radius 2 is 1.55 bits per heavy atom. The minimum Gasteiger partial charge on any atom is -0.426 e. The Morgan fingerprint density at radius 3 is 2.02 bits per heavy atom. The van der Waals surface area contributed by atoms with Crippen LogP contribution in [-0.4, -0.2) is 78.8 Å². The molecule has 40 heavy (non-hydrogen) atoms. The van der Waals surface area contributed by atoms with Gasteiger partial charge in [0.15, 0.2) is 0 Å². The molecular weight excluding hydrogens is 564 g/mol. The SMILES string of the molecule is CCN(Cc1ccc(C(F)(F)F)cc1N1CCC(F)CC1)C1(C)CCN(C(=O)OC(C(F)(F)F)C(F)(F)F)CC1. The third-order valence-electron chi connectivity index (χ3n) is 7.60. The van der Waals surface area contributed by atoms with Gasteiger partial charge in [0, 0.05) is 44.0 Å². The van der Waals surface area contributed by atoms with Crippen molar-refractivity contribution < 1.29 is 53.4 Å². The van der Waals surface area contributed by atoms with Gasteiger partial charge >= 0.3 is 24.6 Å². The molecule has 0 spiro atoms. The molecule has 0 bridgehead atoms. The van der Waals surface area contributed by atoms with Crippen molar-refractivity contribution in [3.05, 3.63) is 29.3 Å². The van der Waals surface area contributed by atoms with Crippen LogP contribution in [0.4, 0.5) is 54.4 Å². The average molecular weight is 596 g/mol. The van der Waals surface area contributed by atoms with Crippen LogP contribution in [0, 0.1) is 0 Å². The van der Waals surface area contributed by atoms with E-state index in [2.05, 4.69) is 4.74 Å². The Hall–Kier alpha value is -2.45. The van der Waals surface area contributed by atoms with Crippen molar-refractivity contribution in [3.8, 4) is 0 Å². The summed E-state index contributed by atoms with van der Waals surface area (Å²) in [5, 5.41) is 0. The number of nitrogens with zero attached hydrogens (tertiary/aromatic N) is 3.